The van der Waals surface area contributed by atoms with Crippen LogP contribution in [0.5, 0.6) is 0 Å². The molecular weight excluding hydrogens is 242 g/mol. The van der Waals surface area contributed by atoms with Crippen LogP contribution in [0.3, 0.4) is 0 Å². The van der Waals surface area contributed by atoms with Crippen molar-refractivity contribution in [2.24, 2.45) is 0 Å². The molecule has 0 unspecified atom stereocenters. The van der Waals surface area contributed by atoms with Crippen molar-refractivity contribution in [1.29, 1.82) is 0 Å². The number of thiophene rings is 1. The highest BCUT2D eigenvalue weighted by Gasteiger charge is 2.09. The maximum Gasteiger partial charge on any atom is 0.149 e. The lowest BCUT2D eigenvalue weighted by atomic mass is 10.1. The molecule has 18 heavy (non-hydrogen) atoms. The summed E-state index contributed by atoms with van der Waals surface area (Å²) >= 11 is 1.74. The molecule has 4 heteroatoms. The quantitative estimate of drug-likeness (QED) is 0.838. The Labute approximate surface area is 113 Å². The third kappa shape index (κ3) is 3.68. The van der Waals surface area contributed by atoms with Crippen LogP contribution in [0.15, 0.2) is 29.9 Å². The minimum atomic E-state index is 0.200. The van der Waals surface area contributed by atoms with Crippen molar-refractivity contribution < 1.29 is 0 Å². The fourth-order valence-electron chi connectivity index (χ4n) is 1.83. The fourth-order valence-corrected chi connectivity index (χ4v) is 2.57. The van der Waals surface area contributed by atoms with Crippen LogP contribution in [0.1, 0.15) is 27.2 Å². The lowest BCUT2D eigenvalue weighted by molar-refractivity contribution is 0.414. The number of hydrogen-bond acceptors (Lipinski definition) is 3. The van der Waals surface area contributed by atoms with Gasteiger partial charge in [0.1, 0.15) is 5.82 Å². The number of imidazole rings is 1. The Morgan fingerprint density at radius 3 is 2.89 bits per heavy atom. The summed E-state index contributed by atoms with van der Waals surface area (Å²) in [5.74, 6) is 1.08. The van der Waals surface area contributed by atoms with Crippen molar-refractivity contribution in [3.63, 3.8) is 0 Å². The summed E-state index contributed by atoms with van der Waals surface area (Å²) < 4.78 is 2.23. The summed E-state index contributed by atoms with van der Waals surface area (Å²) in [6.07, 6.45) is 5.06. The molecule has 1 N–H and O–H groups in total. The second-order valence-electron chi connectivity index (χ2n) is 5.45. The molecule has 0 bridgehead atoms. The van der Waals surface area contributed by atoms with E-state index in [1.165, 1.54) is 4.88 Å². The number of nitrogens with one attached hydrogen (secondary N) is 1. The lowest BCUT2D eigenvalue weighted by Crippen LogP contribution is -2.36. The summed E-state index contributed by atoms with van der Waals surface area (Å²) in [4.78, 5) is 5.68. The zero-order chi connectivity index (χ0) is 13.0. The minimum absolute atomic E-state index is 0.200. The third-order valence-electron chi connectivity index (χ3n) is 2.69. The first kappa shape index (κ1) is 13.3. The Kier molecular flexibility index (Phi) is 4.19. The maximum absolute atomic E-state index is 4.44. The van der Waals surface area contributed by atoms with Gasteiger partial charge in [-0.15, -0.1) is 11.3 Å². The molecule has 0 aliphatic heterocycles. The molecule has 3 nitrogen and oxygen atoms in total. The average Bonchev–Trinajstić information content (AvgIpc) is 2.93. The Balaban J connectivity index is 1.89. The molecule has 98 valence electrons. The fraction of sp³-hybridized carbons (Fsp3) is 0.500. The first-order valence-electron chi connectivity index (χ1n) is 6.36. The molecule has 0 saturated carbocycles. The van der Waals surface area contributed by atoms with Crippen molar-refractivity contribution in [3.8, 4) is 10.7 Å². The van der Waals surface area contributed by atoms with Crippen LogP contribution in [0.25, 0.3) is 10.7 Å². The first-order chi connectivity index (χ1) is 8.56. The van der Waals surface area contributed by atoms with E-state index in [-0.39, 0.29) is 5.54 Å². The predicted molar refractivity (Wildman–Crippen MR) is 77.9 cm³/mol. The van der Waals surface area contributed by atoms with Gasteiger partial charge < -0.3 is 9.88 Å². The SMILES string of the molecule is CC(C)(C)NCCCn1ccnc1-c1cccs1. The highest BCUT2D eigenvalue weighted by molar-refractivity contribution is 7.13. The van der Waals surface area contributed by atoms with Crippen molar-refractivity contribution in [2.45, 2.75) is 39.3 Å². The molecule has 2 aromatic heterocycles. The maximum atomic E-state index is 4.44. The van der Waals surface area contributed by atoms with Gasteiger partial charge in [0.05, 0.1) is 4.88 Å². The minimum Gasteiger partial charge on any atom is -0.330 e. The zero-order valence-corrected chi connectivity index (χ0v) is 12.1. The van der Waals surface area contributed by atoms with Crippen LogP contribution >= 0.6 is 11.3 Å². The molecule has 0 aromatic carbocycles. The molecule has 0 atom stereocenters. The van der Waals surface area contributed by atoms with Gasteiger partial charge in [-0.05, 0) is 45.2 Å². The van der Waals surface area contributed by atoms with E-state index in [0.717, 1.165) is 25.3 Å². The second-order valence-corrected chi connectivity index (χ2v) is 6.40. The average molecular weight is 263 g/mol. The Morgan fingerprint density at radius 2 is 2.22 bits per heavy atom. The molecule has 2 rings (SSSR count). The van der Waals surface area contributed by atoms with Crippen LogP contribution in [0.4, 0.5) is 0 Å². The van der Waals surface area contributed by atoms with Crippen molar-refractivity contribution in [1.82, 2.24) is 14.9 Å². The van der Waals surface area contributed by atoms with E-state index in [1.54, 1.807) is 11.3 Å². The van der Waals surface area contributed by atoms with Gasteiger partial charge in [-0.3, -0.25) is 0 Å². The van der Waals surface area contributed by atoms with Gasteiger partial charge >= 0.3 is 0 Å². The zero-order valence-electron chi connectivity index (χ0n) is 11.3. The normalized spacial score (nSPS) is 11.9. The largest absolute Gasteiger partial charge is 0.330 e. The van der Waals surface area contributed by atoms with Crippen LogP contribution in [0, 0.1) is 0 Å². The van der Waals surface area contributed by atoms with Crippen LogP contribution in [0.2, 0.25) is 0 Å². The van der Waals surface area contributed by atoms with E-state index in [1.807, 2.05) is 6.20 Å². The van der Waals surface area contributed by atoms with Gasteiger partial charge in [0.2, 0.25) is 0 Å². The van der Waals surface area contributed by atoms with Crippen LogP contribution in [-0.2, 0) is 6.54 Å². The number of hydrogen-bond donors (Lipinski definition) is 1. The highest BCUT2D eigenvalue weighted by atomic mass is 32.1. The molecule has 0 aliphatic carbocycles. The number of aromatic nitrogens is 2. The van der Waals surface area contributed by atoms with E-state index in [0.29, 0.717) is 0 Å². The summed E-state index contributed by atoms with van der Waals surface area (Å²) in [7, 11) is 0. The van der Waals surface area contributed by atoms with E-state index >= 15 is 0 Å². The van der Waals surface area contributed by atoms with Gasteiger partial charge in [-0.1, -0.05) is 6.07 Å². The molecule has 2 heterocycles. The van der Waals surface area contributed by atoms with Gasteiger partial charge in [0.25, 0.3) is 0 Å². The number of aryl methyl sites for hydroxylation is 1. The molecule has 0 radical (unpaired) electrons. The number of nitrogens with zero attached hydrogens (tertiary/aromatic N) is 2. The summed E-state index contributed by atoms with van der Waals surface area (Å²) in [5.41, 5.74) is 0.200. The van der Waals surface area contributed by atoms with Crippen LogP contribution < -0.4 is 5.32 Å². The van der Waals surface area contributed by atoms with E-state index in [2.05, 4.69) is 59.3 Å². The molecule has 0 aliphatic rings. The smallest absolute Gasteiger partial charge is 0.149 e. The number of rotatable bonds is 5. The van der Waals surface area contributed by atoms with Crippen molar-refractivity contribution >= 4 is 11.3 Å². The van der Waals surface area contributed by atoms with Crippen LogP contribution in [-0.4, -0.2) is 21.6 Å². The molecule has 0 saturated heterocycles. The second kappa shape index (κ2) is 5.67. The van der Waals surface area contributed by atoms with E-state index in [4.69, 9.17) is 0 Å². The monoisotopic (exact) mass is 263 g/mol. The van der Waals surface area contributed by atoms with E-state index < -0.39 is 0 Å². The van der Waals surface area contributed by atoms with E-state index in [9.17, 15) is 0 Å². The third-order valence-corrected chi connectivity index (χ3v) is 3.55. The molecule has 2 aromatic rings. The van der Waals surface area contributed by atoms with Gasteiger partial charge in [0.15, 0.2) is 0 Å². The van der Waals surface area contributed by atoms with Gasteiger partial charge in [-0.2, -0.15) is 0 Å². The molecular formula is C14H21N3S. The molecule has 0 spiro atoms. The van der Waals surface area contributed by atoms with Crippen molar-refractivity contribution in [2.75, 3.05) is 6.54 Å². The molecule has 0 amide bonds. The van der Waals surface area contributed by atoms with Gasteiger partial charge in [-0.25, -0.2) is 4.98 Å². The molecule has 0 fully saturated rings. The Morgan fingerprint density at radius 1 is 1.39 bits per heavy atom. The Bertz CT molecular complexity index is 465. The summed E-state index contributed by atoms with van der Waals surface area (Å²) in [5, 5.41) is 5.60. The summed E-state index contributed by atoms with van der Waals surface area (Å²) in [6.45, 7) is 8.63. The predicted octanol–water partition coefficient (Wildman–Crippen LogP) is 3.39. The Hall–Kier alpha value is -1.13. The van der Waals surface area contributed by atoms with Crippen molar-refractivity contribution in [3.05, 3.63) is 29.9 Å². The lowest BCUT2D eigenvalue weighted by Gasteiger charge is -2.20. The summed E-state index contributed by atoms with van der Waals surface area (Å²) in [6, 6.07) is 4.19. The van der Waals surface area contributed by atoms with Gasteiger partial charge in [0, 0.05) is 24.5 Å². The first-order valence-corrected chi connectivity index (χ1v) is 7.24. The highest BCUT2D eigenvalue weighted by Crippen LogP contribution is 2.22. The topological polar surface area (TPSA) is 29.9 Å². The standard InChI is InChI=1S/C14H21N3S/c1-14(2,3)16-7-5-9-17-10-8-15-13(17)12-6-4-11-18-12/h4,6,8,10-11,16H,5,7,9H2,1-3H3.